The molecular weight excluding hydrogens is 397 g/mol. The van der Waals surface area contributed by atoms with E-state index >= 15 is 0 Å². The van der Waals surface area contributed by atoms with Crippen LogP contribution in [-0.2, 0) is 0 Å². The zero-order valence-electron chi connectivity index (χ0n) is 10.9. The maximum absolute atomic E-state index is 6.10. The van der Waals surface area contributed by atoms with E-state index in [2.05, 4.69) is 37.9 Å². The van der Waals surface area contributed by atoms with E-state index in [-0.39, 0.29) is 0 Å². The van der Waals surface area contributed by atoms with Gasteiger partial charge in [-0.1, -0.05) is 41.9 Å². The molecule has 0 unspecified atom stereocenters. The van der Waals surface area contributed by atoms with Crippen molar-refractivity contribution in [2.45, 2.75) is 0 Å². The van der Waals surface area contributed by atoms with Gasteiger partial charge in [0.15, 0.2) is 5.82 Å². The molecule has 0 aliphatic heterocycles. The summed E-state index contributed by atoms with van der Waals surface area (Å²) < 4.78 is 1.18. The molecule has 1 heterocycles. The molecule has 104 valence electrons. The van der Waals surface area contributed by atoms with Gasteiger partial charge in [0.25, 0.3) is 0 Å². The number of halogens is 2. The number of benzene rings is 2. The quantitative estimate of drug-likeness (QED) is 0.482. The third-order valence-electron chi connectivity index (χ3n) is 2.84. The lowest BCUT2D eigenvalue weighted by molar-refractivity contribution is 1.17. The first-order valence-corrected chi connectivity index (χ1v) is 7.79. The SMILES string of the molecule is Clc1cc(Nc2ccc(I)cc2)nc(-c2ccccc2)n1. The lowest BCUT2D eigenvalue weighted by atomic mass is 10.2. The van der Waals surface area contributed by atoms with Gasteiger partial charge >= 0.3 is 0 Å². The Hall–Kier alpha value is -1.66. The van der Waals surface area contributed by atoms with Gasteiger partial charge in [-0.3, -0.25) is 0 Å². The van der Waals surface area contributed by atoms with Gasteiger partial charge in [-0.15, -0.1) is 0 Å². The Morgan fingerprint density at radius 1 is 0.905 bits per heavy atom. The maximum atomic E-state index is 6.10. The number of rotatable bonds is 3. The lowest BCUT2D eigenvalue weighted by Gasteiger charge is -2.08. The normalized spacial score (nSPS) is 10.4. The highest BCUT2D eigenvalue weighted by molar-refractivity contribution is 14.1. The Morgan fingerprint density at radius 3 is 2.33 bits per heavy atom. The molecule has 3 nitrogen and oxygen atoms in total. The van der Waals surface area contributed by atoms with Crippen LogP contribution in [-0.4, -0.2) is 9.97 Å². The molecule has 0 bridgehead atoms. The van der Waals surface area contributed by atoms with E-state index in [9.17, 15) is 0 Å². The summed E-state index contributed by atoms with van der Waals surface area (Å²) in [6.07, 6.45) is 0. The van der Waals surface area contributed by atoms with Gasteiger partial charge in [-0.2, -0.15) is 0 Å². The van der Waals surface area contributed by atoms with Crippen LogP contribution in [0.15, 0.2) is 60.7 Å². The Kier molecular flexibility index (Phi) is 4.36. The van der Waals surface area contributed by atoms with Crippen molar-refractivity contribution in [2.75, 3.05) is 5.32 Å². The van der Waals surface area contributed by atoms with Crippen molar-refractivity contribution >= 4 is 45.7 Å². The molecule has 3 rings (SSSR count). The summed E-state index contributed by atoms with van der Waals surface area (Å²) >= 11 is 8.37. The van der Waals surface area contributed by atoms with Gasteiger partial charge in [0, 0.05) is 20.9 Å². The van der Waals surface area contributed by atoms with E-state index in [4.69, 9.17) is 11.6 Å². The summed E-state index contributed by atoms with van der Waals surface area (Å²) in [6, 6.07) is 19.6. The van der Waals surface area contributed by atoms with Gasteiger partial charge < -0.3 is 5.32 Å². The molecule has 0 saturated heterocycles. The molecule has 2 aromatic carbocycles. The van der Waals surface area contributed by atoms with Gasteiger partial charge in [0.2, 0.25) is 0 Å². The Balaban J connectivity index is 1.93. The van der Waals surface area contributed by atoms with Crippen molar-refractivity contribution in [1.82, 2.24) is 9.97 Å². The molecular formula is C16H11ClIN3. The summed E-state index contributed by atoms with van der Waals surface area (Å²) in [5.41, 5.74) is 1.90. The minimum atomic E-state index is 0.414. The highest BCUT2D eigenvalue weighted by Gasteiger charge is 2.06. The Labute approximate surface area is 141 Å². The van der Waals surface area contributed by atoms with E-state index in [1.165, 1.54) is 3.57 Å². The molecule has 0 spiro atoms. The smallest absolute Gasteiger partial charge is 0.163 e. The maximum Gasteiger partial charge on any atom is 0.163 e. The van der Waals surface area contributed by atoms with Crippen LogP contribution >= 0.6 is 34.2 Å². The monoisotopic (exact) mass is 407 g/mol. The topological polar surface area (TPSA) is 37.8 Å². The fraction of sp³-hybridized carbons (Fsp3) is 0. The third-order valence-corrected chi connectivity index (χ3v) is 3.76. The lowest BCUT2D eigenvalue weighted by Crippen LogP contribution is -1.97. The molecule has 0 aliphatic carbocycles. The van der Waals surface area contributed by atoms with Crippen molar-refractivity contribution in [3.8, 4) is 11.4 Å². The van der Waals surface area contributed by atoms with Crippen LogP contribution in [0.5, 0.6) is 0 Å². The third kappa shape index (κ3) is 3.71. The first-order valence-electron chi connectivity index (χ1n) is 6.33. The largest absolute Gasteiger partial charge is 0.340 e. The van der Waals surface area contributed by atoms with Gasteiger partial charge in [0.1, 0.15) is 11.0 Å². The molecule has 1 N–H and O–H groups in total. The van der Waals surface area contributed by atoms with Crippen molar-refractivity contribution in [3.63, 3.8) is 0 Å². The van der Waals surface area contributed by atoms with E-state index in [0.29, 0.717) is 16.8 Å². The molecule has 3 aromatic rings. The molecule has 0 saturated carbocycles. The highest BCUT2D eigenvalue weighted by Crippen LogP contribution is 2.22. The van der Waals surface area contributed by atoms with Crippen molar-refractivity contribution in [3.05, 3.63) is 69.4 Å². The van der Waals surface area contributed by atoms with Gasteiger partial charge in [-0.05, 0) is 46.9 Å². The van der Waals surface area contributed by atoms with Crippen LogP contribution < -0.4 is 5.32 Å². The number of aromatic nitrogens is 2. The molecule has 0 fully saturated rings. The first-order chi connectivity index (χ1) is 10.2. The standard InChI is InChI=1S/C16H11ClIN3/c17-14-10-15(19-13-8-6-12(18)7-9-13)21-16(20-14)11-4-2-1-3-5-11/h1-10H,(H,19,20,21). The highest BCUT2D eigenvalue weighted by atomic mass is 127. The number of hydrogen-bond acceptors (Lipinski definition) is 3. The van der Waals surface area contributed by atoms with Crippen LogP contribution in [0.3, 0.4) is 0 Å². The van der Waals surface area contributed by atoms with E-state index in [1.807, 2.05) is 54.6 Å². The van der Waals surface area contributed by atoms with Crippen molar-refractivity contribution in [2.24, 2.45) is 0 Å². The zero-order chi connectivity index (χ0) is 14.7. The summed E-state index contributed by atoms with van der Waals surface area (Å²) in [4.78, 5) is 8.79. The number of anilines is 2. The Bertz CT molecular complexity index is 745. The zero-order valence-corrected chi connectivity index (χ0v) is 13.8. The summed E-state index contributed by atoms with van der Waals surface area (Å²) in [7, 11) is 0. The van der Waals surface area contributed by atoms with E-state index in [1.54, 1.807) is 6.07 Å². The molecule has 0 radical (unpaired) electrons. The predicted molar refractivity (Wildman–Crippen MR) is 94.9 cm³/mol. The minimum Gasteiger partial charge on any atom is -0.340 e. The first kappa shape index (κ1) is 14.3. The molecule has 0 amide bonds. The predicted octanol–water partition coefficient (Wildman–Crippen LogP) is 5.15. The summed E-state index contributed by atoms with van der Waals surface area (Å²) in [5.74, 6) is 1.28. The van der Waals surface area contributed by atoms with Crippen molar-refractivity contribution in [1.29, 1.82) is 0 Å². The fourth-order valence-electron chi connectivity index (χ4n) is 1.88. The second-order valence-electron chi connectivity index (χ2n) is 4.40. The molecule has 21 heavy (non-hydrogen) atoms. The molecule has 5 heteroatoms. The van der Waals surface area contributed by atoms with E-state index < -0.39 is 0 Å². The second-order valence-corrected chi connectivity index (χ2v) is 6.03. The van der Waals surface area contributed by atoms with Gasteiger partial charge in [0.05, 0.1) is 0 Å². The van der Waals surface area contributed by atoms with Crippen LogP contribution in [0, 0.1) is 3.57 Å². The van der Waals surface area contributed by atoms with Crippen LogP contribution in [0.4, 0.5) is 11.5 Å². The molecule has 0 atom stereocenters. The fourth-order valence-corrected chi connectivity index (χ4v) is 2.42. The minimum absolute atomic E-state index is 0.414. The van der Waals surface area contributed by atoms with Crippen LogP contribution in [0.1, 0.15) is 0 Å². The second kappa shape index (κ2) is 6.41. The van der Waals surface area contributed by atoms with Gasteiger partial charge in [-0.25, -0.2) is 9.97 Å². The number of nitrogens with one attached hydrogen (secondary N) is 1. The molecule has 1 aromatic heterocycles. The average Bonchev–Trinajstić information content (AvgIpc) is 2.50. The summed E-state index contributed by atoms with van der Waals surface area (Å²) in [5, 5.41) is 3.66. The number of hydrogen-bond donors (Lipinski definition) is 1. The molecule has 0 aliphatic rings. The summed E-state index contributed by atoms with van der Waals surface area (Å²) in [6.45, 7) is 0. The van der Waals surface area contributed by atoms with Crippen molar-refractivity contribution < 1.29 is 0 Å². The Morgan fingerprint density at radius 2 is 1.62 bits per heavy atom. The van der Waals surface area contributed by atoms with Crippen LogP contribution in [0.2, 0.25) is 5.15 Å². The average molecular weight is 408 g/mol. The van der Waals surface area contributed by atoms with E-state index in [0.717, 1.165) is 11.3 Å². The number of nitrogens with zero attached hydrogens (tertiary/aromatic N) is 2. The van der Waals surface area contributed by atoms with Crippen LogP contribution in [0.25, 0.3) is 11.4 Å².